The van der Waals surface area contributed by atoms with E-state index in [1.54, 1.807) is 0 Å². The molecule has 1 saturated carbocycles. The Bertz CT molecular complexity index is 632. The van der Waals surface area contributed by atoms with Crippen LogP contribution in [0.25, 0.3) is 10.9 Å². The first-order chi connectivity index (χ1) is 10.6. The molecule has 22 heavy (non-hydrogen) atoms. The van der Waals surface area contributed by atoms with Gasteiger partial charge in [-0.25, -0.2) is 4.98 Å². The zero-order chi connectivity index (χ0) is 15.5. The molecule has 0 spiro atoms. The summed E-state index contributed by atoms with van der Waals surface area (Å²) in [4.78, 5) is 11.4. The number of para-hydroxylation sites is 1. The number of rotatable bonds is 4. The van der Waals surface area contributed by atoms with Crippen LogP contribution in [0.1, 0.15) is 25.7 Å². The molecule has 0 bridgehead atoms. The van der Waals surface area contributed by atoms with Gasteiger partial charge in [0.05, 0.1) is 5.52 Å². The van der Waals surface area contributed by atoms with Gasteiger partial charge < -0.3 is 16.0 Å². The lowest BCUT2D eigenvalue weighted by Crippen LogP contribution is -2.29. The van der Waals surface area contributed by atoms with Gasteiger partial charge in [-0.2, -0.15) is 4.98 Å². The van der Waals surface area contributed by atoms with Crippen molar-refractivity contribution in [2.75, 3.05) is 30.9 Å². The highest BCUT2D eigenvalue weighted by Crippen LogP contribution is 2.25. The molecule has 1 aliphatic carbocycles. The maximum absolute atomic E-state index is 5.97. The van der Waals surface area contributed by atoms with Gasteiger partial charge >= 0.3 is 0 Å². The Morgan fingerprint density at radius 3 is 2.59 bits per heavy atom. The quantitative estimate of drug-likeness (QED) is 0.908. The summed E-state index contributed by atoms with van der Waals surface area (Å²) in [5, 5.41) is 4.51. The molecule has 1 aromatic heterocycles. The van der Waals surface area contributed by atoms with Crippen molar-refractivity contribution >= 4 is 22.7 Å². The number of nitrogens with one attached hydrogen (secondary N) is 1. The molecule has 1 aromatic carbocycles. The largest absolute Gasteiger partial charge is 0.362 e. The van der Waals surface area contributed by atoms with Gasteiger partial charge in [0.15, 0.2) is 0 Å². The summed E-state index contributed by atoms with van der Waals surface area (Å²) in [6.45, 7) is 0.929. The molecule has 0 radical (unpaired) electrons. The van der Waals surface area contributed by atoms with E-state index in [4.69, 9.17) is 5.73 Å². The first-order valence-electron chi connectivity index (χ1n) is 8.07. The van der Waals surface area contributed by atoms with E-state index in [-0.39, 0.29) is 0 Å². The molecule has 1 heterocycles. The Hall–Kier alpha value is -1.88. The van der Waals surface area contributed by atoms with E-state index >= 15 is 0 Å². The van der Waals surface area contributed by atoms with Gasteiger partial charge in [0.1, 0.15) is 5.82 Å². The highest BCUT2D eigenvalue weighted by molar-refractivity contribution is 5.90. The molecule has 1 fully saturated rings. The number of hydrogen-bond acceptors (Lipinski definition) is 5. The van der Waals surface area contributed by atoms with E-state index < -0.39 is 0 Å². The second-order valence-electron chi connectivity index (χ2n) is 6.44. The van der Waals surface area contributed by atoms with E-state index in [0.717, 1.165) is 42.1 Å². The van der Waals surface area contributed by atoms with Crippen LogP contribution in [0.5, 0.6) is 0 Å². The fourth-order valence-electron chi connectivity index (χ4n) is 3.11. The fraction of sp³-hybridized carbons (Fsp3) is 0.529. The highest BCUT2D eigenvalue weighted by Gasteiger charge is 2.18. The monoisotopic (exact) mass is 299 g/mol. The molecular formula is C17H25N5. The average molecular weight is 299 g/mol. The highest BCUT2D eigenvalue weighted by atomic mass is 15.2. The average Bonchev–Trinajstić information content (AvgIpc) is 2.53. The van der Waals surface area contributed by atoms with Gasteiger partial charge in [0.25, 0.3) is 0 Å². The lowest BCUT2D eigenvalue weighted by Gasteiger charge is -2.26. The number of nitrogens with zero attached hydrogens (tertiary/aromatic N) is 3. The molecular weight excluding hydrogens is 274 g/mol. The summed E-state index contributed by atoms with van der Waals surface area (Å²) in [5.74, 6) is 2.36. The molecule has 0 amide bonds. The van der Waals surface area contributed by atoms with E-state index in [2.05, 4.69) is 21.4 Å². The van der Waals surface area contributed by atoms with Gasteiger partial charge in [-0.3, -0.25) is 0 Å². The van der Waals surface area contributed by atoms with E-state index in [1.165, 1.54) is 12.8 Å². The van der Waals surface area contributed by atoms with Crippen LogP contribution in [0.3, 0.4) is 0 Å². The van der Waals surface area contributed by atoms with E-state index in [0.29, 0.717) is 12.0 Å². The maximum atomic E-state index is 5.97. The van der Waals surface area contributed by atoms with Crippen LogP contribution in [-0.4, -0.2) is 36.6 Å². The van der Waals surface area contributed by atoms with Crippen LogP contribution < -0.4 is 16.0 Å². The summed E-state index contributed by atoms with van der Waals surface area (Å²) in [6.07, 6.45) is 4.66. The Kier molecular flexibility index (Phi) is 4.43. The number of nitrogens with two attached hydrogens (primary N) is 1. The van der Waals surface area contributed by atoms with Crippen molar-refractivity contribution in [3.05, 3.63) is 24.3 Å². The zero-order valence-corrected chi connectivity index (χ0v) is 13.4. The first-order valence-corrected chi connectivity index (χ1v) is 8.07. The van der Waals surface area contributed by atoms with Gasteiger partial charge in [-0.05, 0) is 43.7 Å². The maximum Gasteiger partial charge on any atom is 0.225 e. The summed E-state index contributed by atoms with van der Waals surface area (Å²) in [6, 6.07) is 8.54. The number of benzene rings is 1. The predicted octanol–water partition coefficient (Wildman–Crippen LogP) is 2.63. The molecule has 0 atom stereocenters. The fourth-order valence-corrected chi connectivity index (χ4v) is 3.11. The summed E-state index contributed by atoms with van der Waals surface area (Å²) in [5.41, 5.74) is 6.95. The number of aromatic nitrogens is 2. The van der Waals surface area contributed by atoms with Gasteiger partial charge in [-0.15, -0.1) is 0 Å². The second-order valence-corrected chi connectivity index (χ2v) is 6.44. The van der Waals surface area contributed by atoms with Crippen molar-refractivity contribution in [1.82, 2.24) is 9.97 Å². The molecule has 118 valence electrons. The van der Waals surface area contributed by atoms with Crippen LogP contribution in [-0.2, 0) is 0 Å². The SMILES string of the molecule is CN(C)c1nc(NC[C@H]2CC[C@@H](N)CC2)nc2ccccc12. The molecule has 5 nitrogen and oxygen atoms in total. The first kappa shape index (κ1) is 15.0. The standard InChI is InChI=1S/C17H25N5/c1-22(2)16-14-5-3-4-6-15(14)20-17(21-16)19-11-12-7-9-13(18)10-8-12/h3-6,12-13H,7-11,18H2,1-2H3,(H,19,20,21)/t12-,13+. The predicted molar refractivity (Wildman–Crippen MR) is 92.3 cm³/mol. The van der Waals surface area contributed by atoms with Gasteiger partial charge in [-0.1, -0.05) is 12.1 Å². The minimum atomic E-state index is 0.397. The Morgan fingerprint density at radius 1 is 1.14 bits per heavy atom. The van der Waals surface area contributed by atoms with Crippen LogP contribution in [0.4, 0.5) is 11.8 Å². The molecule has 0 aliphatic heterocycles. The Labute approximate surface area is 131 Å². The third-order valence-corrected chi connectivity index (χ3v) is 4.45. The number of anilines is 2. The normalized spacial score (nSPS) is 21.8. The topological polar surface area (TPSA) is 67.1 Å². The third kappa shape index (κ3) is 3.30. The zero-order valence-electron chi connectivity index (χ0n) is 13.4. The van der Waals surface area contributed by atoms with Crippen molar-refractivity contribution in [2.24, 2.45) is 11.7 Å². The second kappa shape index (κ2) is 6.48. The minimum absolute atomic E-state index is 0.397. The molecule has 2 aromatic rings. The number of hydrogen-bond donors (Lipinski definition) is 2. The molecule has 3 rings (SSSR count). The van der Waals surface area contributed by atoms with Gasteiger partial charge in [0.2, 0.25) is 5.95 Å². The van der Waals surface area contributed by atoms with Crippen molar-refractivity contribution < 1.29 is 0 Å². The van der Waals surface area contributed by atoms with Crippen molar-refractivity contribution in [3.63, 3.8) is 0 Å². The lowest BCUT2D eigenvalue weighted by atomic mass is 9.86. The van der Waals surface area contributed by atoms with Crippen LogP contribution in [0.15, 0.2) is 24.3 Å². The third-order valence-electron chi connectivity index (χ3n) is 4.45. The Balaban J connectivity index is 1.76. The van der Waals surface area contributed by atoms with Crippen molar-refractivity contribution in [1.29, 1.82) is 0 Å². The number of fused-ring (bicyclic) bond motifs is 1. The van der Waals surface area contributed by atoms with Gasteiger partial charge in [0, 0.05) is 32.1 Å². The molecule has 0 saturated heterocycles. The van der Waals surface area contributed by atoms with E-state index in [9.17, 15) is 0 Å². The summed E-state index contributed by atoms with van der Waals surface area (Å²) in [7, 11) is 4.03. The molecule has 3 N–H and O–H groups in total. The summed E-state index contributed by atoms with van der Waals surface area (Å²) >= 11 is 0. The van der Waals surface area contributed by atoms with Crippen LogP contribution >= 0.6 is 0 Å². The van der Waals surface area contributed by atoms with Crippen molar-refractivity contribution in [2.45, 2.75) is 31.7 Å². The van der Waals surface area contributed by atoms with E-state index in [1.807, 2.05) is 37.2 Å². The summed E-state index contributed by atoms with van der Waals surface area (Å²) < 4.78 is 0. The molecule has 1 aliphatic rings. The smallest absolute Gasteiger partial charge is 0.225 e. The van der Waals surface area contributed by atoms with Crippen molar-refractivity contribution in [3.8, 4) is 0 Å². The van der Waals surface area contributed by atoms with Crippen LogP contribution in [0, 0.1) is 5.92 Å². The Morgan fingerprint density at radius 2 is 1.86 bits per heavy atom. The lowest BCUT2D eigenvalue weighted by molar-refractivity contribution is 0.338. The minimum Gasteiger partial charge on any atom is -0.362 e. The molecule has 5 heteroatoms. The van der Waals surface area contributed by atoms with Crippen LogP contribution in [0.2, 0.25) is 0 Å². The molecule has 0 unspecified atom stereocenters.